The largest absolute Gasteiger partial charge is 0.507 e. The number of hydrogen-bond donors (Lipinski definition) is 2. The zero-order valence-electron chi connectivity index (χ0n) is 10.8. The van der Waals surface area contributed by atoms with E-state index in [9.17, 15) is 5.11 Å². The summed E-state index contributed by atoms with van der Waals surface area (Å²) >= 11 is 0. The predicted molar refractivity (Wildman–Crippen MR) is 83.3 cm³/mol. The van der Waals surface area contributed by atoms with E-state index in [1.165, 1.54) is 0 Å². The van der Waals surface area contributed by atoms with Crippen LogP contribution in [-0.2, 0) is 0 Å². The van der Waals surface area contributed by atoms with Gasteiger partial charge in [0.1, 0.15) is 5.75 Å². The normalized spacial score (nSPS) is 11.0. The highest BCUT2D eigenvalue weighted by Crippen LogP contribution is 2.23. The Bertz CT molecular complexity index is 751. The number of phenols is 1. The molecule has 3 nitrogen and oxygen atoms in total. The summed E-state index contributed by atoms with van der Waals surface area (Å²) < 4.78 is 0. The third-order valence-electron chi connectivity index (χ3n) is 3.07. The first-order chi connectivity index (χ1) is 9.83. The molecule has 0 aromatic heterocycles. The van der Waals surface area contributed by atoms with Crippen LogP contribution in [0.15, 0.2) is 71.8 Å². The monoisotopic (exact) mass is 262 g/mol. The van der Waals surface area contributed by atoms with Crippen LogP contribution >= 0.6 is 0 Å². The van der Waals surface area contributed by atoms with Crippen LogP contribution in [0, 0.1) is 0 Å². The molecule has 0 bridgehead atoms. The van der Waals surface area contributed by atoms with E-state index in [0.717, 1.165) is 16.5 Å². The fourth-order valence-corrected chi connectivity index (χ4v) is 2.04. The van der Waals surface area contributed by atoms with Crippen molar-refractivity contribution in [1.29, 1.82) is 0 Å². The molecule has 3 aromatic rings. The van der Waals surface area contributed by atoms with Crippen molar-refractivity contribution in [2.75, 3.05) is 5.43 Å². The lowest BCUT2D eigenvalue weighted by atomic mass is 10.1. The molecular weight excluding hydrogens is 248 g/mol. The number of hydrazone groups is 1. The van der Waals surface area contributed by atoms with Crippen LogP contribution in [0.1, 0.15) is 5.56 Å². The second kappa shape index (κ2) is 5.45. The Morgan fingerprint density at radius 2 is 1.50 bits per heavy atom. The molecule has 0 amide bonds. The number of para-hydroxylation sites is 1. The van der Waals surface area contributed by atoms with Gasteiger partial charge in [0.05, 0.1) is 11.9 Å². The topological polar surface area (TPSA) is 44.6 Å². The zero-order valence-corrected chi connectivity index (χ0v) is 10.8. The molecule has 3 rings (SSSR count). The number of aromatic hydroxyl groups is 1. The Morgan fingerprint density at radius 3 is 2.25 bits per heavy atom. The molecule has 98 valence electrons. The van der Waals surface area contributed by atoms with Gasteiger partial charge in [-0.1, -0.05) is 42.5 Å². The van der Waals surface area contributed by atoms with Crippen molar-refractivity contribution in [2.45, 2.75) is 0 Å². The number of anilines is 1. The Morgan fingerprint density at radius 1 is 0.850 bits per heavy atom. The molecule has 0 radical (unpaired) electrons. The Hall–Kier alpha value is -2.81. The van der Waals surface area contributed by atoms with Crippen LogP contribution in [0.4, 0.5) is 5.69 Å². The number of hydrogen-bond acceptors (Lipinski definition) is 3. The minimum atomic E-state index is 0.224. The van der Waals surface area contributed by atoms with Crippen LogP contribution in [0.3, 0.4) is 0 Å². The van der Waals surface area contributed by atoms with Gasteiger partial charge in [0.2, 0.25) is 0 Å². The van der Waals surface area contributed by atoms with Crippen molar-refractivity contribution >= 4 is 22.7 Å². The van der Waals surface area contributed by atoms with Gasteiger partial charge in [-0.05, 0) is 35.0 Å². The molecule has 3 heteroatoms. The van der Waals surface area contributed by atoms with Gasteiger partial charge in [0.25, 0.3) is 0 Å². The Labute approximate surface area is 117 Å². The summed E-state index contributed by atoms with van der Waals surface area (Å²) in [6.45, 7) is 0. The van der Waals surface area contributed by atoms with Gasteiger partial charge in [-0.15, -0.1) is 0 Å². The van der Waals surface area contributed by atoms with Crippen LogP contribution in [0.25, 0.3) is 10.8 Å². The van der Waals surface area contributed by atoms with Crippen molar-refractivity contribution in [3.63, 3.8) is 0 Å². The number of nitrogens with one attached hydrogen (secondary N) is 1. The molecule has 0 atom stereocenters. The Balaban J connectivity index is 1.85. The van der Waals surface area contributed by atoms with Crippen molar-refractivity contribution in [2.24, 2.45) is 5.10 Å². The first-order valence-electron chi connectivity index (χ1n) is 6.39. The molecule has 0 saturated carbocycles. The average Bonchev–Trinajstić information content (AvgIpc) is 2.49. The molecule has 0 aliphatic heterocycles. The third kappa shape index (κ3) is 2.62. The smallest absolute Gasteiger partial charge is 0.125 e. The first-order valence-corrected chi connectivity index (χ1v) is 6.39. The first kappa shape index (κ1) is 12.2. The standard InChI is InChI=1S/C17H14N2O/c20-17-11-14-7-5-4-6-13(14)10-15(17)12-18-19-16-8-2-1-3-9-16/h1-12,19-20H/b18-12+. The molecule has 0 aliphatic carbocycles. The Kier molecular flexibility index (Phi) is 3.33. The van der Waals surface area contributed by atoms with Gasteiger partial charge in [-0.25, -0.2) is 0 Å². The molecule has 3 aromatic carbocycles. The number of phenolic OH excluding ortho intramolecular Hbond substituents is 1. The van der Waals surface area contributed by atoms with E-state index in [0.29, 0.717) is 5.56 Å². The van der Waals surface area contributed by atoms with Crippen molar-refractivity contribution in [3.05, 3.63) is 72.3 Å². The summed E-state index contributed by atoms with van der Waals surface area (Å²) in [5.41, 5.74) is 4.52. The molecule has 0 aliphatic rings. The number of rotatable bonds is 3. The maximum absolute atomic E-state index is 9.99. The molecule has 0 unspecified atom stereocenters. The van der Waals surface area contributed by atoms with Gasteiger partial charge in [-0.2, -0.15) is 5.10 Å². The van der Waals surface area contributed by atoms with E-state index >= 15 is 0 Å². The van der Waals surface area contributed by atoms with Gasteiger partial charge in [-0.3, -0.25) is 5.43 Å². The number of nitrogens with zero attached hydrogens (tertiary/aromatic N) is 1. The van der Waals surface area contributed by atoms with Crippen LogP contribution in [0.5, 0.6) is 5.75 Å². The lowest BCUT2D eigenvalue weighted by Gasteiger charge is -2.03. The number of fused-ring (bicyclic) bond motifs is 1. The molecule has 0 heterocycles. The minimum absolute atomic E-state index is 0.224. The molecule has 2 N–H and O–H groups in total. The van der Waals surface area contributed by atoms with Gasteiger partial charge in [0.15, 0.2) is 0 Å². The minimum Gasteiger partial charge on any atom is -0.507 e. The van der Waals surface area contributed by atoms with E-state index in [-0.39, 0.29) is 5.75 Å². The van der Waals surface area contributed by atoms with Gasteiger partial charge < -0.3 is 5.11 Å². The quantitative estimate of drug-likeness (QED) is 0.553. The van der Waals surface area contributed by atoms with E-state index < -0.39 is 0 Å². The second-order valence-corrected chi connectivity index (χ2v) is 4.49. The fourth-order valence-electron chi connectivity index (χ4n) is 2.04. The van der Waals surface area contributed by atoms with Crippen molar-refractivity contribution in [3.8, 4) is 5.75 Å². The van der Waals surface area contributed by atoms with Crippen LogP contribution < -0.4 is 5.43 Å². The molecule has 20 heavy (non-hydrogen) atoms. The average molecular weight is 262 g/mol. The van der Waals surface area contributed by atoms with E-state index in [4.69, 9.17) is 0 Å². The lowest BCUT2D eigenvalue weighted by Crippen LogP contribution is -1.90. The summed E-state index contributed by atoms with van der Waals surface area (Å²) in [5.74, 6) is 0.224. The molecule has 0 fully saturated rings. The molecular formula is C17H14N2O. The van der Waals surface area contributed by atoms with Crippen molar-refractivity contribution in [1.82, 2.24) is 0 Å². The summed E-state index contributed by atoms with van der Waals surface area (Å²) in [6, 6.07) is 21.2. The van der Waals surface area contributed by atoms with E-state index in [1.807, 2.05) is 60.7 Å². The lowest BCUT2D eigenvalue weighted by molar-refractivity contribution is 0.475. The highest BCUT2D eigenvalue weighted by molar-refractivity contribution is 5.93. The van der Waals surface area contributed by atoms with Crippen molar-refractivity contribution < 1.29 is 5.11 Å². The predicted octanol–water partition coefficient (Wildman–Crippen LogP) is 3.99. The third-order valence-corrected chi connectivity index (χ3v) is 3.07. The maximum atomic E-state index is 9.99. The van der Waals surface area contributed by atoms with Crippen LogP contribution in [0.2, 0.25) is 0 Å². The van der Waals surface area contributed by atoms with Gasteiger partial charge >= 0.3 is 0 Å². The molecule has 0 saturated heterocycles. The van der Waals surface area contributed by atoms with Gasteiger partial charge in [0, 0.05) is 5.56 Å². The maximum Gasteiger partial charge on any atom is 0.125 e. The highest BCUT2D eigenvalue weighted by Gasteiger charge is 2.01. The van der Waals surface area contributed by atoms with E-state index in [2.05, 4.69) is 10.5 Å². The summed E-state index contributed by atoms with van der Waals surface area (Å²) in [7, 11) is 0. The number of benzene rings is 3. The SMILES string of the molecule is Oc1cc2ccccc2cc1/C=N/Nc1ccccc1. The summed E-state index contributed by atoms with van der Waals surface area (Å²) in [6.07, 6.45) is 1.62. The summed E-state index contributed by atoms with van der Waals surface area (Å²) in [4.78, 5) is 0. The second-order valence-electron chi connectivity index (χ2n) is 4.49. The molecule has 0 spiro atoms. The summed E-state index contributed by atoms with van der Waals surface area (Å²) in [5, 5.41) is 16.2. The van der Waals surface area contributed by atoms with Crippen LogP contribution in [-0.4, -0.2) is 11.3 Å². The highest BCUT2D eigenvalue weighted by atomic mass is 16.3. The fraction of sp³-hybridized carbons (Fsp3) is 0. The zero-order chi connectivity index (χ0) is 13.8. The van der Waals surface area contributed by atoms with E-state index in [1.54, 1.807) is 12.3 Å².